The molecule has 6 nitrogen and oxygen atoms in total. The summed E-state index contributed by atoms with van der Waals surface area (Å²) >= 11 is 0. The molecule has 1 heterocycles. The number of anilines is 1. The van der Waals surface area contributed by atoms with E-state index in [1.165, 1.54) is 0 Å². The highest BCUT2D eigenvalue weighted by atomic mass is 16.5. The lowest BCUT2D eigenvalue weighted by molar-refractivity contribution is -0.124. The van der Waals surface area contributed by atoms with E-state index in [4.69, 9.17) is 9.47 Å². The largest absolute Gasteiger partial charge is 0.497 e. The Labute approximate surface area is 171 Å². The van der Waals surface area contributed by atoms with Gasteiger partial charge in [-0.3, -0.25) is 9.59 Å². The maximum absolute atomic E-state index is 12.4. The van der Waals surface area contributed by atoms with Crippen molar-refractivity contribution in [3.05, 3.63) is 54.1 Å². The molecule has 1 aliphatic heterocycles. The van der Waals surface area contributed by atoms with Crippen LogP contribution in [0.25, 0.3) is 0 Å². The Hall–Kier alpha value is -3.02. The molecule has 29 heavy (non-hydrogen) atoms. The van der Waals surface area contributed by atoms with Crippen molar-refractivity contribution in [3.8, 4) is 11.5 Å². The van der Waals surface area contributed by atoms with Gasteiger partial charge in [-0.1, -0.05) is 26.0 Å². The maximum Gasteiger partial charge on any atom is 0.258 e. The number of methoxy groups -OCH3 is 1. The smallest absolute Gasteiger partial charge is 0.258 e. The van der Waals surface area contributed by atoms with Crippen LogP contribution in [0.15, 0.2) is 48.5 Å². The van der Waals surface area contributed by atoms with Gasteiger partial charge in [0.1, 0.15) is 11.5 Å². The van der Waals surface area contributed by atoms with Gasteiger partial charge in [0.15, 0.2) is 6.61 Å². The molecule has 1 unspecified atom stereocenters. The molecule has 0 radical (unpaired) electrons. The quantitative estimate of drug-likeness (QED) is 0.739. The fraction of sp³-hybridized carbons (Fsp3) is 0.391. The summed E-state index contributed by atoms with van der Waals surface area (Å²) in [7, 11) is 1.63. The van der Waals surface area contributed by atoms with Crippen molar-refractivity contribution in [2.75, 3.05) is 25.2 Å². The van der Waals surface area contributed by atoms with Crippen LogP contribution in [0.1, 0.15) is 38.3 Å². The first kappa shape index (κ1) is 20.7. The van der Waals surface area contributed by atoms with Crippen LogP contribution in [0.5, 0.6) is 11.5 Å². The standard InChI is InChI=1S/C23H28N2O4/c1-16(2)23(17-6-10-19(28-3)11-7-17)24-21(26)15-29-20-12-8-18(9-13-20)25-14-4-5-22(25)27/h6-13,16,23H,4-5,14-15H2,1-3H3,(H,24,26). The molecule has 2 aromatic carbocycles. The average Bonchev–Trinajstić information content (AvgIpc) is 3.16. The predicted molar refractivity (Wildman–Crippen MR) is 112 cm³/mol. The van der Waals surface area contributed by atoms with Crippen molar-refractivity contribution >= 4 is 17.5 Å². The lowest BCUT2D eigenvalue weighted by Gasteiger charge is -2.23. The zero-order valence-electron chi connectivity index (χ0n) is 17.2. The van der Waals surface area contributed by atoms with Crippen LogP contribution >= 0.6 is 0 Å². The van der Waals surface area contributed by atoms with Gasteiger partial charge in [-0.05, 0) is 54.3 Å². The third-order valence-electron chi connectivity index (χ3n) is 5.05. The molecule has 6 heteroatoms. The molecule has 0 saturated carbocycles. The number of nitrogens with one attached hydrogen (secondary N) is 1. The minimum Gasteiger partial charge on any atom is -0.497 e. The number of ether oxygens (including phenoxy) is 2. The number of amides is 2. The number of benzene rings is 2. The fourth-order valence-electron chi connectivity index (χ4n) is 3.45. The Morgan fingerprint density at radius 2 is 1.72 bits per heavy atom. The highest BCUT2D eigenvalue weighted by Crippen LogP contribution is 2.25. The van der Waals surface area contributed by atoms with Crippen LogP contribution in [0.3, 0.4) is 0 Å². The van der Waals surface area contributed by atoms with Crippen LogP contribution < -0.4 is 19.7 Å². The van der Waals surface area contributed by atoms with Gasteiger partial charge in [0.2, 0.25) is 5.91 Å². The summed E-state index contributed by atoms with van der Waals surface area (Å²) in [5, 5.41) is 3.04. The number of rotatable bonds is 8. The van der Waals surface area contributed by atoms with Gasteiger partial charge in [-0.15, -0.1) is 0 Å². The topological polar surface area (TPSA) is 67.9 Å². The second-order valence-electron chi connectivity index (χ2n) is 7.49. The zero-order valence-corrected chi connectivity index (χ0v) is 17.2. The number of hydrogen-bond donors (Lipinski definition) is 1. The van der Waals surface area contributed by atoms with Crippen molar-refractivity contribution < 1.29 is 19.1 Å². The Kier molecular flexibility index (Phi) is 6.75. The highest BCUT2D eigenvalue weighted by Gasteiger charge is 2.22. The van der Waals surface area contributed by atoms with Crippen LogP contribution in [0, 0.1) is 5.92 Å². The normalized spacial score (nSPS) is 14.8. The molecule has 0 aliphatic carbocycles. The second-order valence-corrected chi connectivity index (χ2v) is 7.49. The average molecular weight is 396 g/mol. The van der Waals surface area contributed by atoms with E-state index in [0.29, 0.717) is 12.2 Å². The Bertz CT molecular complexity index is 831. The molecule has 0 bridgehead atoms. The third-order valence-corrected chi connectivity index (χ3v) is 5.05. The van der Waals surface area contributed by atoms with Crippen LogP contribution in [-0.4, -0.2) is 32.1 Å². The maximum atomic E-state index is 12.4. The highest BCUT2D eigenvalue weighted by molar-refractivity contribution is 5.95. The van der Waals surface area contributed by atoms with E-state index in [1.807, 2.05) is 36.4 Å². The summed E-state index contributed by atoms with van der Waals surface area (Å²) in [6, 6.07) is 14.9. The Balaban J connectivity index is 1.55. The second kappa shape index (κ2) is 9.45. The minimum absolute atomic E-state index is 0.0681. The van der Waals surface area contributed by atoms with E-state index in [-0.39, 0.29) is 30.4 Å². The summed E-state index contributed by atoms with van der Waals surface area (Å²) in [6.45, 7) is 4.81. The molecule has 1 fully saturated rings. The van der Waals surface area contributed by atoms with E-state index in [0.717, 1.165) is 30.0 Å². The summed E-state index contributed by atoms with van der Waals surface area (Å²) in [6.07, 6.45) is 1.49. The molecule has 1 aliphatic rings. The number of carbonyl (C=O) groups is 2. The molecule has 2 amide bonds. The predicted octanol–water partition coefficient (Wildman–Crippen LogP) is 3.71. The number of hydrogen-bond acceptors (Lipinski definition) is 4. The first-order chi connectivity index (χ1) is 14.0. The number of nitrogens with zero attached hydrogens (tertiary/aromatic N) is 1. The van der Waals surface area contributed by atoms with Crippen molar-refractivity contribution in [1.29, 1.82) is 0 Å². The van der Waals surface area contributed by atoms with Gasteiger partial charge in [0.05, 0.1) is 13.2 Å². The lowest BCUT2D eigenvalue weighted by atomic mass is 9.96. The van der Waals surface area contributed by atoms with E-state index in [9.17, 15) is 9.59 Å². The molecule has 1 saturated heterocycles. The molecular weight excluding hydrogens is 368 g/mol. The van der Waals surface area contributed by atoms with Crippen molar-refractivity contribution in [2.24, 2.45) is 5.92 Å². The molecule has 2 aromatic rings. The van der Waals surface area contributed by atoms with Gasteiger partial charge in [0, 0.05) is 18.7 Å². The number of carbonyl (C=O) groups excluding carboxylic acids is 2. The van der Waals surface area contributed by atoms with Crippen LogP contribution in [0.2, 0.25) is 0 Å². The minimum atomic E-state index is -0.182. The van der Waals surface area contributed by atoms with Crippen LogP contribution in [-0.2, 0) is 9.59 Å². The zero-order chi connectivity index (χ0) is 20.8. The Morgan fingerprint density at radius 3 is 2.28 bits per heavy atom. The first-order valence-electron chi connectivity index (χ1n) is 9.94. The molecule has 1 atom stereocenters. The summed E-state index contributed by atoms with van der Waals surface area (Å²) in [5.74, 6) is 1.57. The molecule has 0 spiro atoms. The van der Waals surface area contributed by atoms with Gasteiger partial charge in [-0.25, -0.2) is 0 Å². The summed E-state index contributed by atoms with van der Waals surface area (Å²) in [4.78, 5) is 26.0. The first-order valence-corrected chi connectivity index (χ1v) is 9.94. The molecular formula is C23H28N2O4. The third kappa shape index (κ3) is 5.28. The van der Waals surface area contributed by atoms with Gasteiger partial charge < -0.3 is 19.7 Å². The molecule has 3 rings (SSSR count). The van der Waals surface area contributed by atoms with Gasteiger partial charge in [0.25, 0.3) is 5.91 Å². The van der Waals surface area contributed by atoms with E-state index < -0.39 is 0 Å². The van der Waals surface area contributed by atoms with E-state index >= 15 is 0 Å². The van der Waals surface area contributed by atoms with Crippen molar-refractivity contribution in [3.63, 3.8) is 0 Å². The monoisotopic (exact) mass is 396 g/mol. The van der Waals surface area contributed by atoms with Crippen molar-refractivity contribution in [2.45, 2.75) is 32.7 Å². The van der Waals surface area contributed by atoms with Gasteiger partial charge >= 0.3 is 0 Å². The fourth-order valence-corrected chi connectivity index (χ4v) is 3.45. The molecule has 1 N–H and O–H groups in total. The lowest BCUT2D eigenvalue weighted by Crippen LogP contribution is -2.35. The SMILES string of the molecule is COc1ccc(C(NC(=O)COc2ccc(N3CCCC3=O)cc2)C(C)C)cc1. The van der Waals surface area contributed by atoms with Crippen molar-refractivity contribution in [1.82, 2.24) is 5.32 Å². The Morgan fingerprint density at radius 1 is 1.07 bits per heavy atom. The summed E-state index contributed by atoms with van der Waals surface area (Å²) in [5.41, 5.74) is 1.89. The molecule has 154 valence electrons. The van der Waals surface area contributed by atoms with E-state index in [2.05, 4.69) is 19.2 Å². The van der Waals surface area contributed by atoms with Crippen LogP contribution in [0.4, 0.5) is 5.69 Å². The van der Waals surface area contributed by atoms with E-state index in [1.54, 1.807) is 24.1 Å². The van der Waals surface area contributed by atoms with Gasteiger partial charge in [-0.2, -0.15) is 0 Å². The molecule has 0 aromatic heterocycles. The summed E-state index contributed by atoms with van der Waals surface area (Å²) < 4.78 is 10.8.